The molecule has 49 heavy (non-hydrogen) atoms. The summed E-state index contributed by atoms with van der Waals surface area (Å²) in [7, 11) is -16.9. The van der Waals surface area contributed by atoms with E-state index in [0.29, 0.717) is 5.56 Å². The number of hydrogen-bond donors (Lipinski definition) is 6. The summed E-state index contributed by atoms with van der Waals surface area (Å²) in [5.74, 6) is -0.128. The highest BCUT2D eigenvalue weighted by Crippen LogP contribution is 2.66. The molecule has 3 heterocycles. The summed E-state index contributed by atoms with van der Waals surface area (Å²) >= 11 is 0. The minimum absolute atomic E-state index is 0.0119. The number of anilines is 1. The van der Waals surface area contributed by atoms with E-state index < -0.39 is 75.8 Å². The summed E-state index contributed by atoms with van der Waals surface area (Å²) in [6, 6.07) is 3.48. The summed E-state index contributed by atoms with van der Waals surface area (Å²) < 4.78 is 59.8. The zero-order valence-electron chi connectivity index (χ0n) is 25.4. The SMILES string of the molecule is CC(C)C[C@H](OCc1cn([C@H]2C[C@@H](O)[C@@H](COP(=O)(O)OP(=O)(O)OP(=O)(O)O)O2)c2ncnc(N)c12)c1c([N+](=O)[O-])cccc1[N+](=O)[O-]. The lowest BCUT2D eigenvalue weighted by Gasteiger charge is -2.20. The van der Waals surface area contributed by atoms with Crippen molar-refractivity contribution in [2.24, 2.45) is 5.92 Å². The largest absolute Gasteiger partial charge is 0.490 e. The maximum atomic E-state index is 12.1. The van der Waals surface area contributed by atoms with Gasteiger partial charge in [-0.05, 0) is 18.4 Å². The predicted octanol–water partition coefficient (Wildman–Crippen LogP) is 3.13. The van der Waals surface area contributed by atoms with Gasteiger partial charge in [-0.2, -0.15) is 8.62 Å². The number of benzene rings is 1. The molecule has 1 aliphatic rings. The molecular weight excluding hydrogens is 725 g/mol. The molecule has 0 radical (unpaired) electrons. The third kappa shape index (κ3) is 9.71. The van der Waals surface area contributed by atoms with Crippen molar-refractivity contribution in [2.45, 2.75) is 57.8 Å². The van der Waals surface area contributed by atoms with Gasteiger partial charge in [-0.15, -0.1) is 0 Å². The van der Waals surface area contributed by atoms with Crippen molar-refractivity contribution in [1.82, 2.24) is 14.5 Å². The predicted molar refractivity (Wildman–Crippen MR) is 163 cm³/mol. The Kier molecular flexibility index (Phi) is 11.7. The zero-order chi connectivity index (χ0) is 36.5. The standard InChI is InChI=1S/C23H31N6O17P3/c1-12(2)6-17(21-14(28(31)32)4-3-5-15(21)29(33)34)42-9-13-8-27(23-20(13)22(24)25-11-26-23)19-7-16(30)18(44-19)10-43-48(38,39)46-49(40,41)45-47(35,36)37/h3-5,8,11-12,16-19,30H,6-7,9-10H2,1-2H3,(H,38,39)(H,40,41)(H2,24,25,26)(H2,35,36,37)/t16-,17+,18-,19-/m1/s1. The van der Waals surface area contributed by atoms with Gasteiger partial charge < -0.3 is 44.5 Å². The van der Waals surface area contributed by atoms with Gasteiger partial charge in [0, 0.05) is 30.3 Å². The average molecular weight is 756 g/mol. The fourth-order valence-electron chi connectivity index (χ4n) is 5.10. The first-order chi connectivity index (χ1) is 22.7. The summed E-state index contributed by atoms with van der Waals surface area (Å²) in [4.78, 5) is 66.9. The van der Waals surface area contributed by atoms with E-state index in [1.54, 1.807) is 13.8 Å². The van der Waals surface area contributed by atoms with E-state index in [2.05, 4.69) is 23.1 Å². The number of nitro benzene ring substituents is 2. The second kappa shape index (κ2) is 14.9. The number of aliphatic hydroxyl groups excluding tert-OH is 1. The highest BCUT2D eigenvalue weighted by molar-refractivity contribution is 7.66. The molecule has 1 aromatic carbocycles. The summed E-state index contributed by atoms with van der Waals surface area (Å²) in [5.41, 5.74) is 5.44. The number of nitrogens with two attached hydrogens (primary N) is 1. The van der Waals surface area contributed by atoms with E-state index in [0.717, 1.165) is 18.5 Å². The van der Waals surface area contributed by atoms with Gasteiger partial charge in [0.15, 0.2) is 0 Å². The number of nitrogen functional groups attached to an aromatic ring is 1. The van der Waals surface area contributed by atoms with Crippen molar-refractivity contribution < 1.29 is 70.8 Å². The third-order valence-electron chi connectivity index (χ3n) is 6.95. The Bertz CT molecular complexity index is 1840. The Labute approximate surface area is 275 Å². The molecule has 0 amide bonds. The second-order valence-corrected chi connectivity index (χ2v) is 15.4. The van der Waals surface area contributed by atoms with Crippen LogP contribution in [0.1, 0.15) is 50.1 Å². The van der Waals surface area contributed by atoms with Crippen LogP contribution in [0, 0.1) is 26.1 Å². The van der Waals surface area contributed by atoms with E-state index in [1.165, 1.54) is 16.8 Å². The summed E-state index contributed by atoms with van der Waals surface area (Å²) in [6.45, 7) is 2.39. The smallest absolute Gasteiger partial charge is 0.390 e. The van der Waals surface area contributed by atoms with E-state index in [-0.39, 0.29) is 47.8 Å². The molecular formula is C23H31N6O17P3. The Hall–Kier alpha value is -3.27. The molecule has 3 aromatic rings. The first-order valence-corrected chi connectivity index (χ1v) is 18.4. The van der Waals surface area contributed by atoms with Crippen molar-refractivity contribution in [2.75, 3.05) is 12.3 Å². The molecule has 0 saturated carbocycles. The van der Waals surface area contributed by atoms with Crippen LogP contribution in [0.5, 0.6) is 0 Å². The van der Waals surface area contributed by atoms with Crippen LogP contribution in [0.3, 0.4) is 0 Å². The molecule has 2 unspecified atom stereocenters. The first-order valence-electron chi connectivity index (χ1n) is 13.9. The van der Waals surface area contributed by atoms with Gasteiger partial charge in [-0.1, -0.05) is 13.8 Å². The van der Waals surface area contributed by atoms with Crippen molar-refractivity contribution in [3.63, 3.8) is 0 Å². The molecule has 4 rings (SSSR count). The molecule has 1 aliphatic heterocycles. The topological polar surface area (TPSA) is 342 Å². The van der Waals surface area contributed by atoms with Gasteiger partial charge >= 0.3 is 23.5 Å². The van der Waals surface area contributed by atoms with Gasteiger partial charge in [-0.3, -0.25) is 24.8 Å². The summed E-state index contributed by atoms with van der Waals surface area (Å²) in [5, 5.41) is 34.6. The quantitative estimate of drug-likeness (QED) is 0.0694. The Balaban J connectivity index is 1.58. The van der Waals surface area contributed by atoms with Crippen molar-refractivity contribution >= 4 is 51.7 Å². The number of fused-ring (bicyclic) bond motifs is 1. The lowest BCUT2D eigenvalue weighted by atomic mass is 9.96. The number of rotatable bonds is 16. The maximum Gasteiger partial charge on any atom is 0.490 e. The van der Waals surface area contributed by atoms with E-state index >= 15 is 0 Å². The molecule has 1 saturated heterocycles. The van der Waals surface area contributed by atoms with E-state index in [4.69, 9.17) is 25.0 Å². The fourth-order valence-corrected chi connectivity index (χ4v) is 8.13. The molecule has 0 aliphatic carbocycles. The first kappa shape index (κ1) is 38.5. The maximum absolute atomic E-state index is 12.1. The van der Waals surface area contributed by atoms with Crippen LogP contribution in [0.25, 0.3) is 11.0 Å². The minimum atomic E-state index is -5.77. The number of aromatic nitrogens is 3. The highest BCUT2D eigenvalue weighted by atomic mass is 31.3. The van der Waals surface area contributed by atoms with Crippen LogP contribution in [0.15, 0.2) is 30.7 Å². The molecule has 270 valence electrons. The number of nitro groups is 2. The lowest BCUT2D eigenvalue weighted by molar-refractivity contribution is -0.396. The normalized spacial score (nSPS) is 21.4. The van der Waals surface area contributed by atoms with Gasteiger partial charge in [0.2, 0.25) is 0 Å². The number of phosphoric ester groups is 1. The lowest BCUT2D eigenvalue weighted by Crippen LogP contribution is -2.26. The van der Waals surface area contributed by atoms with E-state index in [9.17, 15) is 48.8 Å². The molecule has 6 atom stereocenters. The van der Waals surface area contributed by atoms with Crippen LogP contribution in [0.2, 0.25) is 0 Å². The molecule has 2 aromatic heterocycles. The third-order valence-corrected chi connectivity index (χ3v) is 10.8. The Morgan fingerprint density at radius 2 is 1.69 bits per heavy atom. The zero-order valence-corrected chi connectivity index (χ0v) is 28.1. The molecule has 1 fully saturated rings. The van der Waals surface area contributed by atoms with Gasteiger partial charge in [-0.25, -0.2) is 23.7 Å². The van der Waals surface area contributed by atoms with Crippen LogP contribution in [-0.4, -0.2) is 67.9 Å². The van der Waals surface area contributed by atoms with Crippen LogP contribution >= 0.6 is 23.5 Å². The number of ether oxygens (including phenoxy) is 2. The Morgan fingerprint density at radius 3 is 2.27 bits per heavy atom. The second-order valence-electron chi connectivity index (χ2n) is 11.0. The van der Waals surface area contributed by atoms with Crippen molar-refractivity contribution in [3.8, 4) is 0 Å². The van der Waals surface area contributed by atoms with Gasteiger partial charge in [0.25, 0.3) is 11.4 Å². The van der Waals surface area contributed by atoms with Gasteiger partial charge in [0.05, 0.1) is 40.7 Å². The number of aliphatic hydroxyl groups is 1. The van der Waals surface area contributed by atoms with Crippen molar-refractivity contribution in [1.29, 1.82) is 0 Å². The Morgan fingerprint density at radius 1 is 1.06 bits per heavy atom. The number of hydrogen-bond acceptors (Lipinski definition) is 16. The average Bonchev–Trinajstić information content (AvgIpc) is 3.52. The highest BCUT2D eigenvalue weighted by Gasteiger charge is 2.43. The molecule has 26 heteroatoms. The number of nitrogens with zero attached hydrogens (tertiary/aromatic N) is 5. The van der Waals surface area contributed by atoms with Crippen LogP contribution in [0.4, 0.5) is 17.2 Å². The summed E-state index contributed by atoms with van der Waals surface area (Å²) in [6.07, 6.45) is -2.30. The van der Waals surface area contributed by atoms with E-state index in [1.807, 2.05) is 0 Å². The van der Waals surface area contributed by atoms with Gasteiger partial charge in [0.1, 0.15) is 35.7 Å². The van der Waals surface area contributed by atoms with Crippen LogP contribution in [-0.2, 0) is 42.9 Å². The van der Waals surface area contributed by atoms with Crippen molar-refractivity contribution in [3.05, 3.63) is 62.1 Å². The number of phosphoric acid groups is 3. The fraction of sp³-hybridized carbons (Fsp3) is 0.478. The minimum Gasteiger partial charge on any atom is -0.390 e. The monoisotopic (exact) mass is 756 g/mol. The molecule has 7 N–H and O–H groups in total. The molecule has 0 bridgehead atoms. The molecule has 23 nitrogen and oxygen atoms in total. The molecule has 0 spiro atoms. The van der Waals surface area contributed by atoms with Crippen LogP contribution < -0.4 is 5.73 Å².